The van der Waals surface area contributed by atoms with Crippen LogP contribution in [-0.2, 0) is 23.6 Å². The van der Waals surface area contributed by atoms with E-state index in [1.165, 1.54) is 24.3 Å². The van der Waals surface area contributed by atoms with Crippen molar-refractivity contribution in [1.82, 2.24) is 15.4 Å². The van der Waals surface area contributed by atoms with Gasteiger partial charge in [0.05, 0.1) is 23.1 Å². The minimum atomic E-state index is -4.22. The number of sulfonamides is 1. The van der Waals surface area contributed by atoms with E-state index in [9.17, 15) is 22.6 Å². The summed E-state index contributed by atoms with van der Waals surface area (Å²) < 4.78 is 56.7. The van der Waals surface area contributed by atoms with Gasteiger partial charge in [0.25, 0.3) is 0 Å². The Labute approximate surface area is 216 Å². The van der Waals surface area contributed by atoms with Crippen LogP contribution in [0.4, 0.5) is 9.59 Å². The number of benzene rings is 2. The van der Waals surface area contributed by atoms with E-state index in [-0.39, 0.29) is 11.4 Å². The summed E-state index contributed by atoms with van der Waals surface area (Å²) in [6.07, 6.45) is -2.61. The van der Waals surface area contributed by atoms with E-state index < -0.39 is 54.2 Å². The molecule has 2 amide bonds. The van der Waals surface area contributed by atoms with Gasteiger partial charge in [-0.1, -0.05) is 18.2 Å². The number of carbonyl (C=O) groups excluding carboxylic acids is 1. The minimum Gasteiger partial charge on any atom is -0.465 e. The molecule has 2 aromatic carbocycles. The zero-order valence-corrected chi connectivity index (χ0v) is 22.6. The summed E-state index contributed by atoms with van der Waals surface area (Å²) in [6.45, 7) is 5.52. The van der Waals surface area contributed by atoms with Crippen molar-refractivity contribution in [2.75, 3.05) is 13.1 Å². The smallest absolute Gasteiger partial charge is 0.418 e. The predicted octanol–water partition coefficient (Wildman–Crippen LogP) is 4.15. The summed E-state index contributed by atoms with van der Waals surface area (Å²) in [5.74, 6) is 1.01. The molecule has 0 bridgehead atoms. The van der Waals surface area contributed by atoms with Crippen molar-refractivity contribution in [3.05, 3.63) is 54.6 Å². The Balaban J connectivity index is 2.04. The van der Waals surface area contributed by atoms with E-state index in [1.807, 2.05) is 6.07 Å². The maximum Gasteiger partial charge on any atom is 0.418 e. The van der Waals surface area contributed by atoms with Crippen molar-refractivity contribution in [3.8, 4) is 11.5 Å². The second-order valence-corrected chi connectivity index (χ2v) is 12.0. The number of hydrogen-bond acceptors (Lipinski definition) is 8. The highest BCUT2D eigenvalue weighted by atomic mass is 32.2. The van der Waals surface area contributed by atoms with Crippen LogP contribution in [-0.4, -0.2) is 56.6 Å². The molecule has 14 heteroatoms. The first kappa shape index (κ1) is 30.3. The molecule has 0 aliphatic heterocycles. The molecular formula is C23H32N3O9PS. The van der Waals surface area contributed by atoms with E-state index in [2.05, 4.69) is 15.4 Å². The Morgan fingerprint density at radius 2 is 1.43 bits per heavy atom. The Bertz CT molecular complexity index is 1180. The van der Waals surface area contributed by atoms with Crippen LogP contribution in [0.3, 0.4) is 0 Å². The fourth-order valence-corrected chi connectivity index (χ4v) is 5.65. The molecule has 0 fully saturated rings. The second-order valence-electron chi connectivity index (χ2n) is 8.38. The standard InChI is InChI=1S/C23H32N3O9PS/c1-16(2)34-36(30,35-17(3)4)23(29)24-14-18(26-22(27)28)15-25-37(31,32)21-12-10-20(11-13-21)33-19-8-6-5-7-9-19/h5-13,16-18,25-26H,14-15H2,1-4H3,(H,24,29)(H,27,28). The lowest BCUT2D eigenvalue weighted by Gasteiger charge is -2.23. The number of hydrogen-bond donors (Lipinski definition) is 4. The summed E-state index contributed by atoms with van der Waals surface area (Å²) in [5, 5.41) is 13.6. The molecule has 37 heavy (non-hydrogen) atoms. The maximum atomic E-state index is 12.9. The lowest BCUT2D eigenvalue weighted by atomic mass is 10.3. The molecule has 204 valence electrons. The van der Waals surface area contributed by atoms with E-state index >= 15 is 0 Å². The first-order valence-corrected chi connectivity index (χ1v) is 14.4. The van der Waals surface area contributed by atoms with Gasteiger partial charge in [-0.15, -0.1) is 0 Å². The molecule has 0 heterocycles. The zero-order valence-electron chi connectivity index (χ0n) is 20.9. The van der Waals surface area contributed by atoms with Gasteiger partial charge in [0, 0.05) is 13.1 Å². The number of para-hydroxylation sites is 1. The van der Waals surface area contributed by atoms with Crippen molar-refractivity contribution in [3.63, 3.8) is 0 Å². The average Bonchev–Trinajstić information content (AvgIpc) is 2.80. The van der Waals surface area contributed by atoms with Gasteiger partial charge in [-0.3, -0.25) is 13.8 Å². The van der Waals surface area contributed by atoms with Gasteiger partial charge >= 0.3 is 19.3 Å². The minimum absolute atomic E-state index is 0.0776. The van der Waals surface area contributed by atoms with E-state index in [1.54, 1.807) is 52.0 Å². The number of rotatable bonds is 14. The predicted molar refractivity (Wildman–Crippen MR) is 137 cm³/mol. The fourth-order valence-electron chi connectivity index (χ4n) is 2.94. The summed E-state index contributed by atoms with van der Waals surface area (Å²) in [4.78, 5) is 23.7. The first-order valence-electron chi connectivity index (χ1n) is 11.4. The van der Waals surface area contributed by atoms with Gasteiger partial charge in [-0.05, 0) is 64.1 Å². The molecule has 2 aromatic rings. The maximum absolute atomic E-state index is 12.9. The molecule has 1 atom stereocenters. The van der Waals surface area contributed by atoms with E-state index in [0.717, 1.165) is 0 Å². The van der Waals surface area contributed by atoms with E-state index in [4.69, 9.17) is 18.9 Å². The van der Waals surface area contributed by atoms with Crippen molar-refractivity contribution >= 4 is 29.4 Å². The molecule has 0 saturated heterocycles. The van der Waals surface area contributed by atoms with Crippen LogP contribution in [0.15, 0.2) is 59.5 Å². The Morgan fingerprint density at radius 1 is 0.892 bits per heavy atom. The van der Waals surface area contributed by atoms with Crippen LogP contribution in [0.1, 0.15) is 27.7 Å². The molecule has 4 N–H and O–H groups in total. The molecular weight excluding hydrogens is 525 g/mol. The highest BCUT2D eigenvalue weighted by molar-refractivity contribution is 7.89. The summed E-state index contributed by atoms with van der Waals surface area (Å²) in [7, 11) is -8.25. The highest BCUT2D eigenvalue weighted by Gasteiger charge is 2.37. The van der Waals surface area contributed by atoms with Crippen molar-refractivity contribution in [2.24, 2.45) is 0 Å². The molecule has 0 aliphatic rings. The van der Waals surface area contributed by atoms with Crippen molar-refractivity contribution < 1.29 is 41.5 Å². The lowest BCUT2D eigenvalue weighted by Crippen LogP contribution is -2.49. The van der Waals surface area contributed by atoms with Crippen LogP contribution in [0.2, 0.25) is 0 Å². The van der Waals surface area contributed by atoms with Crippen LogP contribution < -0.4 is 20.1 Å². The highest BCUT2D eigenvalue weighted by Crippen LogP contribution is 2.51. The normalized spacial score (nSPS) is 12.8. The Morgan fingerprint density at radius 3 is 1.95 bits per heavy atom. The Kier molecular flexibility index (Phi) is 11.1. The molecule has 1 unspecified atom stereocenters. The summed E-state index contributed by atoms with van der Waals surface area (Å²) >= 11 is 0. The first-order chi connectivity index (χ1) is 17.3. The fraction of sp³-hybridized carbons (Fsp3) is 0.391. The van der Waals surface area contributed by atoms with Crippen LogP contribution in [0.5, 0.6) is 11.5 Å². The largest absolute Gasteiger partial charge is 0.465 e. The second kappa shape index (κ2) is 13.5. The lowest BCUT2D eigenvalue weighted by molar-refractivity contribution is 0.142. The number of ether oxygens (including phenoxy) is 1. The van der Waals surface area contributed by atoms with Crippen molar-refractivity contribution in [2.45, 2.75) is 50.8 Å². The molecule has 0 radical (unpaired) electrons. The molecule has 2 rings (SSSR count). The Hall–Kier alpha value is -2.96. The average molecular weight is 558 g/mol. The quantitative estimate of drug-likeness (QED) is 0.249. The van der Waals surface area contributed by atoms with Gasteiger partial charge in [0.2, 0.25) is 10.0 Å². The number of carbonyl (C=O) groups is 2. The van der Waals surface area contributed by atoms with Crippen LogP contribution >= 0.6 is 7.60 Å². The van der Waals surface area contributed by atoms with Crippen LogP contribution in [0, 0.1) is 0 Å². The SMILES string of the molecule is CC(C)OP(=O)(OC(C)C)C(=O)NCC(CNS(=O)(=O)c1ccc(Oc2ccccc2)cc1)NC(=O)O. The van der Waals surface area contributed by atoms with Gasteiger partial charge in [-0.25, -0.2) is 22.5 Å². The van der Waals surface area contributed by atoms with Crippen molar-refractivity contribution in [1.29, 1.82) is 0 Å². The van der Waals surface area contributed by atoms with Gasteiger partial charge < -0.3 is 20.5 Å². The zero-order chi connectivity index (χ0) is 27.6. The molecule has 0 spiro atoms. The topological polar surface area (TPSA) is 169 Å². The summed E-state index contributed by atoms with van der Waals surface area (Å²) in [6, 6.07) is 13.5. The number of amides is 2. The molecule has 12 nitrogen and oxygen atoms in total. The molecule has 0 aliphatic carbocycles. The van der Waals surface area contributed by atoms with Crippen LogP contribution in [0.25, 0.3) is 0 Å². The third-order valence-corrected chi connectivity index (χ3v) is 7.90. The van der Waals surface area contributed by atoms with Gasteiger partial charge in [0.1, 0.15) is 11.5 Å². The number of nitrogens with one attached hydrogen (secondary N) is 3. The van der Waals surface area contributed by atoms with E-state index in [0.29, 0.717) is 11.5 Å². The molecule has 0 aromatic heterocycles. The molecule has 0 saturated carbocycles. The van der Waals surface area contributed by atoms with Gasteiger partial charge in [-0.2, -0.15) is 0 Å². The summed E-state index contributed by atoms with van der Waals surface area (Å²) in [5.41, 5.74) is -1.07. The third-order valence-electron chi connectivity index (χ3n) is 4.41. The third kappa shape index (κ3) is 10.1. The van der Waals surface area contributed by atoms with Gasteiger partial charge in [0.15, 0.2) is 0 Å². The number of carboxylic acid groups (broad SMARTS) is 1. The monoisotopic (exact) mass is 557 g/mol.